The molecular weight excluding hydrogens is 140 g/mol. The number of nitrogens with zero attached hydrogens (tertiary/aromatic N) is 2. The van der Waals surface area contributed by atoms with E-state index in [2.05, 4.69) is 30.8 Å². The lowest BCUT2D eigenvalue weighted by Gasteiger charge is -2.33. The molecule has 0 N–H and O–H groups in total. The maximum absolute atomic E-state index is 10.4. The maximum Gasteiger partial charge on any atom is 0.145 e. The normalized spacial score (nSPS) is 27.4. The van der Waals surface area contributed by atoms with Crippen LogP contribution in [0.2, 0.25) is 0 Å². The molecule has 11 heavy (non-hydrogen) atoms. The van der Waals surface area contributed by atoms with Gasteiger partial charge in [0.2, 0.25) is 0 Å². The lowest BCUT2D eigenvalue weighted by Crippen LogP contribution is -2.43. The molecule has 3 heteroatoms. The van der Waals surface area contributed by atoms with Crippen LogP contribution in [0.4, 0.5) is 0 Å². The molecule has 64 valence electrons. The summed E-state index contributed by atoms with van der Waals surface area (Å²) in [4.78, 5) is 12.5. The van der Waals surface area contributed by atoms with Gasteiger partial charge >= 0.3 is 0 Å². The third-order valence-corrected chi connectivity index (χ3v) is 2.20. The molecule has 0 aromatic rings. The highest BCUT2D eigenvalue weighted by Gasteiger charge is 2.33. The van der Waals surface area contributed by atoms with Crippen molar-refractivity contribution in [3.8, 4) is 0 Å². The first-order chi connectivity index (χ1) is 5.05. The molecule has 1 aliphatic rings. The van der Waals surface area contributed by atoms with Crippen molar-refractivity contribution in [2.45, 2.75) is 45.3 Å². The van der Waals surface area contributed by atoms with Crippen LogP contribution in [0.5, 0.6) is 0 Å². The maximum atomic E-state index is 10.4. The molecule has 0 aliphatic carbocycles. The summed E-state index contributed by atoms with van der Waals surface area (Å²) >= 11 is 0. The average Bonchev–Trinajstić information content (AvgIpc) is 2.31. The molecule has 1 fully saturated rings. The van der Waals surface area contributed by atoms with Crippen LogP contribution in [-0.4, -0.2) is 23.1 Å². The summed E-state index contributed by atoms with van der Waals surface area (Å²) in [7, 11) is 0. The molecule has 0 saturated carbocycles. The quantitative estimate of drug-likeness (QED) is 0.544. The number of hydrogen-bond donors (Lipinski definition) is 0. The van der Waals surface area contributed by atoms with Crippen LogP contribution < -0.4 is 0 Å². The van der Waals surface area contributed by atoms with Gasteiger partial charge in [0.05, 0.1) is 0 Å². The zero-order chi connectivity index (χ0) is 8.48. The predicted molar refractivity (Wildman–Crippen MR) is 45.3 cm³/mol. The Labute approximate surface area is 67.7 Å². The lowest BCUT2D eigenvalue weighted by atomic mass is 10.1. The first kappa shape index (κ1) is 8.65. The van der Waals surface area contributed by atoms with Gasteiger partial charge in [0.15, 0.2) is 0 Å². The highest BCUT2D eigenvalue weighted by Crippen LogP contribution is 2.26. The van der Waals surface area contributed by atoms with Gasteiger partial charge in [-0.3, -0.25) is 4.90 Å². The van der Waals surface area contributed by atoms with E-state index in [0.717, 1.165) is 19.4 Å². The Hall–Kier alpha value is -0.440. The van der Waals surface area contributed by atoms with E-state index >= 15 is 0 Å². The van der Waals surface area contributed by atoms with Crippen LogP contribution in [0.1, 0.15) is 33.6 Å². The molecule has 1 rings (SSSR count). The van der Waals surface area contributed by atoms with Crippen molar-refractivity contribution < 1.29 is 0 Å². The Kier molecular flexibility index (Phi) is 2.28. The number of nitroso groups, excluding NO2 is 1. The fraction of sp³-hybridized carbons (Fsp3) is 1.00. The van der Waals surface area contributed by atoms with Crippen LogP contribution in [0.3, 0.4) is 0 Å². The minimum atomic E-state index is -0.0741. The van der Waals surface area contributed by atoms with Crippen molar-refractivity contribution in [1.82, 2.24) is 4.90 Å². The molecule has 0 aromatic carbocycles. The molecule has 1 aliphatic heterocycles. The first-order valence-corrected chi connectivity index (χ1v) is 4.15. The van der Waals surface area contributed by atoms with E-state index in [1.807, 2.05) is 0 Å². The fourth-order valence-electron chi connectivity index (χ4n) is 1.64. The summed E-state index contributed by atoms with van der Waals surface area (Å²) in [5.74, 6) is 0. The summed E-state index contributed by atoms with van der Waals surface area (Å²) in [6, 6.07) is 0. The smallest absolute Gasteiger partial charge is 0.145 e. The molecule has 0 radical (unpaired) electrons. The van der Waals surface area contributed by atoms with Gasteiger partial charge in [0.25, 0.3) is 0 Å². The molecule has 0 spiro atoms. The van der Waals surface area contributed by atoms with Gasteiger partial charge in [-0.05, 0) is 33.6 Å². The molecule has 0 aromatic heterocycles. The van der Waals surface area contributed by atoms with Crippen molar-refractivity contribution in [2.24, 2.45) is 5.18 Å². The van der Waals surface area contributed by atoms with Gasteiger partial charge in [-0.1, -0.05) is 5.18 Å². The third kappa shape index (κ3) is 1.77. The molecule has 1 unspecified atom stereocenters. The lowest BCUT2D eigenvalue weighted by molar-refractivity contribution is 0.125. The fourth-order valence-corrected chi connectivity index (χ4v) is 1.64. The number of hydrogen-bond acceptors (Lipinski definition) is 3. The van der Waals surface area contributed by atoms with E-state index in [0.29, 0.717) is 0 Å². The second kappa shape index (κ2) is 2.89. The Morgan fingerprint density at radius 3 is 2.45 bits per heavy atom. The molecule has 1 atom stereocenters. The summed E-state index contributed by atoms with van der Waals surface area (Å²) in [6.07, 6.45) is 1.96. The third-order valence-electron chi connectivity index (χ3n) is 2.20. The van der Waals surface area contributed by atoms with Gasteiger partial charge in [-0.2, -0.15) is 0 Å². The standard InChI is InChI=1S/C8H16N2O/c1-8(2,3)10-6-4-5-7(10)9-11/h7H,4-6H2,1-3H3. The second-order valence-corrected chi connectivity index (χ2v) is 4.09. The van der Waals surface area contributed by atoms with Crippen LogP contribution in [0.15, 0.2) is 5.18 Å². The molecular formula is C8H16N2O. The summed E-state index contributed by atoms with van der Waals surface area (Å²) in [5.41, 5.74) is 0.0923. The van der Waals surface area contributed by atoms with E-state index in [-0.39, 0.29) is 11.7 Å². The van der Waals surface area contributed by atoms with Crippen molar-refractivity contribution in [2.75, 3.05) is 6.54 Å². The highest BCUT2D eigenvalue weighted by atomic mass is 16.3. The Balaban J connectivity index is 2.63. The van der Waals surface area contributed by atoms with Gasteiger partial charge in [0, 0.05) is 12.1 Å². The Bertz CT molecular complexity index is 151. The largest absolute Gasteiger partial charge is 0.274 e. The minimum absolute atomic E-state index is 0.0741. The molecule has 1 saturated heterocycles. The zero-order valence-electron chi connectivity index (χ0n) is 7.50. The first-order valence-electron chi connectivity index (χ1n) is 4.15. The van der Waals surface area contributed by atoms with Crippen LogP contribution >= 0.6 is 0 Å². The SMILES string of the molecule is CC(C)(C)N1CCCC1N=O. The van der Waals surface area contributed by atoms with Gasteiger partial charge in [0.1, 0.15) is 6.17 Å². The summed E-state index contributed by atoms with van der Waals surface area (Å²) in [6.45, 7) is 7.38. The van der Waals surface area contributed by atoms with Crippen LogP contribution in [0.25, 0.3) is 0 Å². The van der Waals surface area contributed by atoms with E-state index in [1.54, 1.807) is 0 Å². The molecule has 1 heterocycles. The van der Waals surface area contributed by atoms with Crippen molar-refractivity contribution in [1.29, 1.82) is 0 Å². The summed E-state index contributed by atoms with van der Waals surface area (Å²) in [5, 5.41) is 3.11. The van der Waals surface area contributed by atoms with Gasteiger partial charge in [-0.15, -0.1) is 4.91 Å². The van der Waals surface area contributed by atoms with Crippen LogP contribution in [-0.2, 0) is 0 Å². The molecule has 0 amide bonds. The Morgan fingerprint density at radius 1 is 1.45 bits per heavy atom. The molecule has 0 bridgehead atoms. The van der Waals surface area contributed by atoms with E-state index in [9.17, 15) is 4.91 Å². The van der Waals surface area contributed by atoms with E-state index in [4.69, 9.17) is 0 Å². The monoisotopic (exact) mass is 156 g/mol. The summed E-state index contributed by atoms with van der Waals surface area (Å²) < 4.78 is 0. The van der Waals surface area contributed by atoms with E-state index in [1.165, 1.54) is 0 Å². The van der Waals surface area contributed by atoms with Crippen molar-refractivity contribution in [3.63, 3.8) is 0 Å². The van der Waals surface area contributed by atoms with Crippen molar-refractivity contribution >= 4 is 0 Å². The number of likely N-dealkylation sites (tertiary alicyclic amines) is 1. The minimum Gasteiger partial charge on any atom is -0.274 e. The van der Waals surface area contributed by atoms with Gasteiger partial charge < -0.3 is 0 Å². The van der Waals surface area contributed by atoms with Gasteiger partial charge in [-0.25, -0.2) is 0 Å². The Morgan fingerprint density at radius 2 is 2.09 bits per heavy atom. The van der Waals surface area contributed by atoms with Crippen LogP contribution in [0, 0.1) is 4.91 Å². The zero-order valence-corrected chi connectivity index (χ0v) is 7.50. The molecule has 3 nitrogen and oxygen atoms in total. The van der Waals surface area contributed by atoms with Crippen molar-refractivity contribution in [3.05, 3.63) is 4.91 Å². The number of rotatable bonds is 1. The topological polar surface area (TPSA) is 32.7 Å². The predicted octanol–water partition coefficient (Wildman–Crippen LogP) is 1.97. The highest BCUT2D eigenvalue weighted by molar-refractivity contribution is 4.86. The average molecular weight is 156 g/mol. The van der Waals surface area contributed by atoms with E-state index < -0.39 is 0 Å². The second-order valence-electron chi connectivity index (χ2n) is 4.09.